The van der Waals surface area contributed by atoms with E-state index in [1.54, 1.807) is 5.57 Å². The van der Waals surface area contributed by atoms with Crippen molar-refractivity contribution in [3.8, 4) is 0 Å². The van der Waals surface area contributed by atoms with Crippen LogP contribution >= 0.6 is 0 Å². The van der Waals surface area contributed by atoms with Gasteiger partial charge in [-0.2, -0.15) is 0 Å². The predicted molar refractivity (Wildman–Crippen MR) is 90.3 cm³/mol. The van der Waals surface area contributed by atoms with Gasteiger partial charge in [0.25, 0.3) is 0 Å². The fourth-order valence-electron chi connectivity index (χ4n) is 6.77. The Morgan fingerprint density at radius 2 is 1.91 bits per heavy atom. The maximum Gasteiger partial charge on any atom is 0.108 e. The quantitative estimate of drug-likeness (QED) is 0.508. The lowest BCUT2D eigenvalue weighted by molar-refractivity contribution is -0.115. The zero-order valence-electron chi connectivity index (χ0n) is 14.4. The lowest BCUT2D eigenvalue weighted by atomic mass is 9.45. The van der Waals surface area contributed by atoms with Gasteiger partial charge in [0, 0.05) is 5.41 Å². The second-order valence-electron chi connectivity index (χ2n) is 9.13. The monoisotopic (exact) mass is 302 g/mol. The molecule has 1 heteroatoms. The highest BCUT2D eigenvalue weighted by Crippen LogP contribution is 2.64. The summed E-state index contributed by atoms with van der Waals surface area (Å²) in [5.41, 5.74) is 1.91. The average molecular weight is 302 g/mol. The van der Waals surface area contributed by atoms with Crippen molar-refractivity contribution in [1.82, 2.24) is 0 Å². The first-order chi connectivity index (χ1) is 10.5. The van der Waals surface area contributed by atoms with Crippen molar-refractivity contribution in [2.24, 2.45) is 34.5 Å². The van der Waals surface area contributed by atoms with Crippen molar-refractivity contribution in [2.45, 2.75) is 71.9 Å². The molecule has 0 saturated heterocycles. The van der Waals surface area contributed by atoms with Gasteiger partial charge in [-0.25, -0.2) is 4.39 Å². The van der Waals surface area contributed by atoms with Gasteiger partial charge in [-0.15, -0.1) is 0 Å². The number of hydrogen-bond acceptors (Lipinski definition) is 0. The Kier molecular flexibility index (Phi) is 3.37. The maximum atomic E-state index is 15.1. The second-order valence-corrected chi connectivity index (χ2v) is 9.13. The normalized spacial score (nSPS) is 54.0. The number of rotatable bonds is 0. The molecule has 0 aromatic carbocycles. The SMILES string of the molecule is CC1CCC2C3CC=C4C=CCCC4(C)C3CCC2(C)C1F. The van der Waals surface area contributed by atoms with Crippen molar-refractivity contribution in [3.63, 3.8) is 0 Å². The van der Waals surface area contributed by atoms with Gasteiger partial charge in [0.1, 0.15) is 6.17 Å². The molecule has 0 aliphatic heterocycles. The Bertz CT molecular complexity index is 518. The third kappa shape index (κ3) is 1.86. The van der Waals surface area contributed by atoms with Crippen LogP contribution in [0.4, 0.5) is 4.39 Å². The van der Waals surface area contributed by atoms with Crippen LogP contribution in [-0.2, 0) is 0 Å². The molecule has 4 aliphatic rings. The molecule has 4 aliphatic carbocycles. The van der Waals surface area contributed by atoms with E-state index in [1.165, 1.54) is 32.1 Å². The number of fused-ring (bicyclic) bond motifs is 5. The lowest BCUT2D eigenvalue weighted by Gasteiger charge is -2.60. The van der Waals surface area contributed by atoms with Gasteiger partial charge in [0.2, 0.25) is 0 Å². The van der Waals surface area contributed by atoms with Crippen LogP contribution in [0.1, 0.15) is 65.7 Å². The van der Waals surface area contributed by atoms with Crippen LogP contribution in [0.5, 0.6) is 0 Å². The first-order valence-corrected chi connectivity index (χ1v) is 9.48. The molecule has 4 rings (SSSR count). The summed E-state index contributed by atoms with van der Waals surface area (Å²) >= 11 is 0. The lowest BCUT2D eigenvalue weighted by Crippen LogP contribution is -2.55. The Morgan fingerprint density at radius 3 is 2.73 bits per heavy atom. The van der Waals surface area contributed by atoms with Crippen LogP contribution in [0.3, 0.4) is 0 Å². The van der Waals surface area contributed by atoms with Crippen molar-refractivity contribution in [2.75, 3.05) is 0 Å². The molecule has 0 N–H and O–H groups in total. The molecule has 122 valence electrons. The highest BCUT2D eigenvalue weighted by atomic mass is 19.1. The molecule has 0 spiro atoms. The minimum atomic E-state index is -0.586. The molecule has 7 atom stereocenters. The summed E-state index contributed by atoms with van der Waals surface area (Å²) in [6, 6.07) is 0. The van der Waals surface area contributed by atoms with Crippen LogP contribution in [0.25, 0.3) is 0 Å². The van der Waals surface area contributed by atoms with Gasteiger partial charge < -0.3 is 0 Å². The minimum absolute atomic E-state index is 0.0506. The molecule has 2 fully saturated rings. The molecule has 0 amide bonds. The van der Waals surface area contributed by atoms with E-state index in [1.807, 2.05) is 0 Å². The Morgan fingerprint density at radius 1 is 1.09 bits per heavy atom. The Hall–Kier alpha value is -0.590. The summed E-state index contributed by atoms with van der Waals surface area (Å²) in [7, 11) is 0. The number of alkyl halides is 1. The summed E-state index contributed by atoms with van der Waals surface area (Å²) in [5, 5.41) is 0. The third-order valence-corrected chi connectivity index (χ3v) is 8.15. The first-order valence-electron chi connectivity index (χ1n) is 9.48. The van der Waals surface area contributed by atoms with Gasteiger partial charge in [0.15, 0.2) is 0 Å². The molecule has 0 nitrogen and oxygen atoms in total. The molecule has 2 saturated carbocycles. The van der Waals surface area contributed by atoms with E-state index in [-0.39, 0.29) is 11.3 Å². The van der Waals surface area contributed by atoms with Crippen molar-refractivity contribution in [1.29, 1.82) is 0 Å². The first kappa shape index (κ1) is 15.0. The summed E-state index contributed by atoms with van der Waals surface area (Å²) in [4.78, 5) is 0. The fraction of sp³-hybridized carbons (Fsp3) is 0.810. The highest BCUT2D eigenvalue weighted by Gasteiger charge is 2.58. The molecule has 0 aromatic heterocycles. The van der Waals surface area contributed by atoms with E-state index in [2.05, 4.69) is 39.0 Å². The van der Waals surface area contributed by atoms with Gasteiger partial charge in [-0.1, -0.05) is 39.0 Å². The summed E-state index contributed by atoms with van der Waals surface area (Å²) in [6.45, 7) is 6.90. The molecule has 0 heterocycles. The number of allylic oxidation sites excluding steroid dienone is 4. The Labute approximate surface area is 135 Å². The largest absolute Gasteiger partial charge is 0.247 e. The van der Waals surface area contributed by atoms with Gasteiger partial charge >= 0.3 is 0 Å². The minimum Gasteiger partial charge on any atom is -0.247 e. The van der Waals surface area contributed by atoms with E-state index in [0.717, 1.165) is 24.7 Å². The zero-order chi connectivity index (χ0) is 15.5. The summed E-state index contributed by atoms with van der Waals surface area (Å²) in [6.07, 6.45) is 15.1. The molecule has 0 bridgehead atoms. The van der Waals surface area contributed by atoms with E-state index < -0.39 is 6.17 Å². The van der Waals surface area contributed by atoms with Crippen molar-refractivity contribution < 1.29 is 4.39 Å². The standard InChI is InChI=1S/C21H31F/c1-14-7-10-17-16-9-8-15-6-4-5-12-20(15,2)18(16)11-13-21(17,3)19(14)22/h4,6,8,14,16-19H,5,7,9-13H2,1-3H3. The van der Waals surface area contributed by atoms with Gasteiger partial charge in [0.05, 0.1) is 0 Å². The molecular formula is C21H31F. The van der Waals surface area contributed by atoms with Crippen LogP contribution in [0.2, 0.25) is 0 Å². The Balaban J connectivity index is 1.70. The average Bonchev–Trinajstić information content (AvgIpc) is 2.51. The predicted octanol–water partition coefficient (Wildman–Crippen LogP) is 6.09. The summed E-state index contributed by atoms with van der Waals surface area (Å²) < 4.78 is 15.1. The molecule has 0 radical (unpaired) electrons. The number of halogens is 1. The zero-order valence-corrected chi connectivity index (χ0v) is 14.4. The maximum absolute atomic E-state index is 15.1. The topological polar surface area (TPSA) is 0 Å². The van der Waals surface area contributed by atoms with Gasteiger partial charge in [-0.05, 0) is 79.6 Å². The van der Waals surface area contributed by atoms with Crippen molar-refractivity contribution >= 4 is 0 Å². The highest BCUT2D eigenvalue weighted by molar-refractivity contribution is 5.33. The van der Waals surface area contributed by atoms with Gasteiger partial charge in [-0.3, -0.25) is 0 Å². The smallest absolute Gasteiger partial charge is 0.108 e. The van der Waals surface area contributed by atoms with E-state index >= 15 is 4.39 Å². The van der Waals surface area contributed by atoms with E-state index in [4.69, 9.17) is 0 Å². The van der Waals surface area contributed by atoms with Crippen LogP contribution in [0, 0.1) is 34.5 Å². The third-order valence-electron chi connectivity index (χ3n) is 8.15. The van der Waals surface area contributed by atoms with Crippen LogP contribution in [-0.4, -0.2) is 6.17 Å². The molecule has 22 heavy (non-hydrogen) atoms. The van der Waals surface area contributed by atoms with E-state index in [0.29, 0.717) is 11.3 Å². The molecule has 0 aromatic rings. The second kappa shape index (κ2) is 4.95. The molecular weight excluding hydrogens is 271 g/mol. The van der Waals surface area contributed by atoms with Crippen LogP contribution in [0.15, 0.2) is 23.8 Å². The molecule has 7 unspecified atom stereocenters. The fourth-order valence-corrected chi connectivity index (χ4v) is 6.77. The summed E-state index contributed by atoms with van der Waals surface area (Å²) in [5.74, 6) is 2.39. The number of hydrogen-bond donors (Lipinski definition) is 0. The van der Waals surface area contributed by atoms with E-state index in [9.17, 15) is 0 Å². The van der Waals surface area contributed by atoms with Crippen molar-refractivity contribution in [3.05, 3.63) is 23.8 Å². The van der Waals surface area contributed by atoms with Crippen LogP contribution < -0.4 is 0 Å².